The Labute approximate surface area is 100 Å². The van der Waals surface area contributed by atoms with Crippen LogP contribution in [0.2, 0.25) is 0 Å². The van der Waals surface area contributed by atoms with Gasteiger partial charge in [0.1, 0.15) is 5.69 Å². The maximum atomic E-state index is 5.12. The van der Waals surface area contributed by atoms with E-state index in [0.29, 0.717) is 11.8 Å². The lowest BCUT2D eigenvalue weighted by molar-refractivity contribution is 0.429. The topological polar surface area (TPSA) is 63.8 Å². The van der Waals surface area contributed by atoms with Crippen molar-refractivity contribution in [2.45, 2.75) is 33.2 Å². The summed E-state index contributed by atoms with van der Waals surface area (Å²) < 4.78 is 5.12. The molecule has 2 rings (SSSR count). The smallest absolute Gasteiger partial charge is 0.322 e. The Bertz CT molecular complexity index is 493. The highest BCUT2D eigenvalue weighted by Crippen LogP contribution is 2.20. The molecule has 2 aromatic heterocycles. The fourth-order valence-electron chi connectivity index (χ4n) is 1.55. The molecular weight excluding hydrogens is 216 g/mol. The zero-order valence-corrected chi connectivity index (χ0v) is 10.3. The molecule has 5 heteroatoms. The van der Waals surface area contributed by atoms with E-state index in [1.807, 2.05) is 26.0 Å². The minimum absolute atomic E-state index is 0.262. The largest absolute Gasteiger partial charge is 0.336 e. The van der Waals surface area contributed by atoms with Crippen LogP contribution in [0.4, 0.5) is 6.01 Å². The van der Waals surface area contributed by atoms with Crippen molar-refractivity contribution in [1.82, 2.24) is 15.1 Å². The van der Waals surface area contributed by atoms with Gasteiger partial charge in [0.05, 0.1) is 0 Å². The van der Waals surface area contributed by atoms with Crippen molar-refractivity contribution in [2.75, 3.05) is 5.32 Å². The second kappa shape index (κ2) is 4.95. The highest BCUT2D eigenvalue weighted by molar-refractivity contribution is 5.55. The third-order valence-corrected chi connectivity index (χ3v) is 2.32. The normalized spacial score (nSPS) is 10.8. The first-order valence-corrected chi connectivity index (χ1v) is 5.75. The molecule has 0 aliphatic heterocycles. The van der Waals surface area contributed by atoms with Gasteiger partial charge in [-0.2, -0.15) is 4.98 Å². The van der Waals surface area contributed by atoms with Crippen molar-refractivity contribution >= 4 is 6.01 Å². The quantitative estimate of drug-likeness (QED) is 0.877. The van der Waals surface area contributed by atoms with Gasteiger partial charge in [-0.05, 0) is 31.9 Å². The average molecular weight is 232 g/mol. The standard InChI is InChI=1S/C12H16N4O/c1-4-9-6-5-7-13-10(9)11-15-12(17-16-11)14-8(2)3/h5-8H,4H2,1-3H3,(H,14,15,16). The SMILES string of the molecule is CCc1cccnc1-c1noc(NC(C)C)n1. The number of hydrogen-bond acceptors (Lipinski definition) is 5. The molecule has 0 aliphatic carbocycles. The lowest BCUT2D eigenvalue weighted by Crippen LogP contribution is -2.09. The van der Waals surface area contributed by atoms with Crippen molar-refractivity contribution in [3.63, 3.8) is 0 Å². The monoisotopic (exact) mass is 232 g/mol. The predicted molar refractivity (Wildman–Crippen MR) is 65.7 cm³/mol. The third-order valence-electron chi connectivity index (χ3n) is 2.32. The van der Waals surface area contributed by atoms with Gasteiger partial charge in [0.15, 0.2) is 0 Å². The zero-order valence-electron chi connectivity index (χ0n) is 10.3. The molecule has 0 atom stereocenters. The Balaban J connectivity index is 2.30. The maximum Gasteiger partial charge on any atom is 0.322 e. The summed E-state index contributed by atoms with van der Waals surface area (Å²) >= 11 is 0. The number of hydrogen-bond donors (Lipinski definition) is 1. The van der Waals surface area contributed by atoms with Gasteiger partial charge < -0.3 is 9.84 Å². The summed E-state index contributed by atoms with van der Waals surface area (Å²) in [6.45, 7) is 6.11. The van der Waals surface area contributed by atoms with Crippen LogP contribution in [0.15, 0.2) is 22.9 Å². The molecule has 0 saturated carbocycles. The third kappa shape index (κ3) is 2.61. The molecule has 1 N–H and O–H groups in total. The number of aryl methyl sites for hydroxylation is 1. The number of anilines is 1. The first kappa shape index (κ1) is 11.6. The van der Waals surface area contributed by atoms with E-state index in [1.165, 1.54) is 0 Å². The van der Waals surface area contributed by atoms with Gasteiger partial charge in [0, 0.05) is 12.2 Å². The van der Waals surface area contributed by atoms with Crippen molar-refractivity contribution in [3.05, 3.63) is 23.9 Å². The lowest BCUT2D eigenvalue weighted by Gasteiger charge is -2.02. The Hall–Kier alpha value is -1.91. The molecule has 90 valence electrons. The van der Waals surface area contributed by atoms with E-state index in [1.54, 1.807) is 6.20 Å². The van der Waals surface area contributed by atoms with Crippen LogP contribution in [-0.4, -0.2) is 21.2 Å². The van der Waals surface area contributed by atoms with E-state index >= 15 is 0 Å². The summed E-state index contributed by atoms with van der Waals surface area (Å²) in [4.78, 5) is 8.58. The highest BCUT2D eigenvalue weighted by atomic mass is 16.5. The zero-order chi connectivity index (χ0) is 12.3. The molecule has 0 spiro atoms. The molecule has 0 fully saturated rings. The summed E-state index contributed by atoms with van der Waals surface area (Å²) in [6, 6.07) is 4.63. The second-order valence-electron chi connectivity index (χ2n) is 4.09. The summed E-state index contributed by atoms with van der Waals surface area (Å²) in [5.74, 6) is 0.533. The van der Waals surface area contributed by atoms with Crippen molar-refractivity contribution in [3.8, 4) is 11.5 Å². The van der Waals surface area contributed by atoms with E-state index in [4.69, 9.17) is 4.52 Å². The van der Waals surface area contributed by atoms with Crippen LogP contribution < -0.4 is 5.32 Å². The van der Waals surface area contributed by atoms with E-state index in [0.717, 1.165) is 17.7 Å². The van der Waals surface area contributed by atoms with Crippen molar-refractivity contribution in [2.24, 2.45) is 0 Å². The van der Waals surface area contributed by atoms with Crippen LogP contribution in [-0.2, 0) is 6.42 Å². The van der Waals surface area contributed by atoms with E-state index < -0.39 is 0 Å². The maximum absolute atomic E-state index is 5.12. The highest BCUT2D eigenvalue weighted by Gasteiger charge is 2.12. The average Bonchev–Trinajstić information content (AvgIpc) is 2.76. The fraction of sp³-hybridized carbons (Fsp3) is 0.417. The van der Waals surface area contributed by atoms with Gasteiger partial charge in [0.2, 0.25) is 5.82 Å². The van der Waals surface area contributed by atoms with Crippen LogP contribution in [0.25, 0.3) is 11.5 Å². The predicted octanol–water partition coefficient (Wildman–Crippen LogP) is 2.51. The van der Waals surface area contributed by atoms with E-state index in [9.17, 15) is 0 Å². The van der Waals surface area contributed by atoms with Crippen LogP contribution in [0.1, 0.15) is 26.3 Å². The minimum atomic E-state index is 0.262. The van der Waals surface area contributed by atoms with Gasteiger partial charge in [0.25, 0.3) is 0 Å². The Morgan fingerprint density at radius 3 is 2.94 bits per heavy atom. The molecule has 5 nitrogen and oxygen atoms in total. The van der Waals surface area contributed by atoms with Gasteiger partial charge in [-0.25, -0.2) is 0 Å². The van der Waals surface area contributed by atoms with Gasteiger partial charge in [-0.15, -0.1) is 0 Å². The molecule has 0 radical (unpaired) electrons. The van der Waals surface area contributed by atoms with Crippen molar-refractivity contribution < 1.29 is 4.52 Å². The molecule has 0 aromatic carbocycles. The van der Waals surface area contributed by atoms with Crippen molar-refractivity contribution in [1.29, 1.82) is 0 Å². The van der Waals surface area contributed by atoms with Crippen LogP contribution in [0.5, 0.6) is 0 Å². The fourth-order valence-corrected chi connectivity index (χ4v) is 1.55. The van der Waals surface area contributed by atoms with Gasteiger partial charge in [-0.1, -0.05) is 18.1 Å². The van der Waals surface area contributed by atoms with Gasteiger partial charge in [-0.3, -0.25) is 4.98 Å². The first-order valence-electron chi connectivity index (χ1n) is 5.75. The van der Waals surface area contributed by atoms with Crippen LogP contribution >= 0.6 is 0 Å². The molecule has 0 bridgehead atoms. The number of nitrogens with one attached hydrogen (secondary N) is 1. The molecule has 2 heterocycles. The second-order valence-corrected chi connectivity index (χ2v) is 4.09. The minimum Gasteiger partial charge on any atom is -0.336 e. The van der Waals surface area contributed by atoms with Crippen LogP contribution in [0, 0.1) is 0 Å². The summed E-state index contributed by atoms with van der Waals surface area (Å²) in [6.07, 6.45) is 2.63. The number of nitrogens with zero attached hydrogens (tertiary/aromatic N) is 3. The van der Waals surface area contributed by atoms with E-state index in [-0.39, 0.29) is 6.04 Å². The number of pyridine rings is 1. The summed E-state index contributed by atoms with van der Waals surface area (Å²) in [5, 5.41) is 7.00. The molecule has 0 unspecified atom stereocenters. The number of aromatic nitrogens is 3. The Morgan fingerprint density at radius 1 is 1.41 bits per heavy atom. The Morgan fingerprint density at radius 2 is 2.24 bits per heavy atom. The molecule has 0 aliphatic rings. The number of rotatable bonds is 4. The molecule has 0 saturated heterocycles. The Kier molecular flexibility index (Phi) is 3.37. The lowest BCUT2D eigenvalue weighted by atomic mass is 10.1. The summed E-state index contributed by atoms with van der Waals surface area (Å²) in [7, 11) is 0. The molecule has 2 aromatic rings. The molecule has 0 amide bonds. The first-order chi connectivity index (χ1) is 8.20. The molecular formula is C12H16N4O. The summed E-state index contributed by atoms with van der Waals surface area (Å²) in [5.41, 5.74) is 1.90. The van der Waals surface area contributed by atoms with Gasteiger partial charge >= 0.3 is 6.01 Å². The van der Waals surface area contributed by atoms with Crippen LogP contribution in [0.3, 0.4) is 0 Å². The molecule has 17 heavy (non-hydrogen) atoms. The van der Waals surface area contributed by atoms with E-state index in [2.05, 4.69) is 27.4 Å².